The molecule has 0 N–H and O–H groups in total. The summed E-state index contributed by atoms with van der Waals surface area (Å²) < 4.78 is 19.2. The van der Waals surface area contributed by atoms with Gasteiger partial charge in [-0.2, -0.15) is 0 Å². The Kier molecular flexibility index (Phi) is 4.37. The van der Waals surface area contributed by atoms with Crippen molar-refractivity contribution in [2.24, 2.45) is 0 Å². The first-order valence-electron chi connectivity index (χ1n) is 4.92. The molecule has 0 saturated heterocycles. The molecular weight excluding hydrogens is 343 g/mol. The third-order valence-electron chi connectivity index (χ3n) is 2.12. The van der Waals surface area contributed by atoms with Crippen molar-refractivity contribution >= 4 is 44.8 Å². The zero-order chi connectivity index (χ0) is 13.1. The molecule has 1 aromatic carbocycles. The number of carbonyl (C=O) groups excluding carboxylic acids is 1. The normalized spacial score (nSPS) is 10.4. The fourth-order valence-electron chi connectivity index (χ4n) is 1.30. The van der Waals surface area contributed by atoms with Crippen LogP contribution in [0.5, 0.6) is 0 Å². The van der Waals surface area contributed by atoms with E-state index in [2.05, 4.69) is 15.9 Å². The first kappa shape index (κ1) is 13.5. The number of carbonyl (C=O) groups is 1. The van der Waals surface area contributed by atoms with Gasteiger partial charge >= 0.3 is 5.97 Å². The van der Waals surface area contributed by atoms with Crippen LogP contribution in [0.25, 0.3) is 0 Å². The topological polar surface area (TPSA) is 26.3 Å². The van der Waals surface area contributed by atoms with Gasteiger partial charge in [0.1, 0.15) is 12.4 Å². The second-order valence-corrected chi connectivity index (χ2v) is 6.06. The Morgan fingerprint density at radius 2 is 2.17 bits per heavy atom. The van der Waals surface area contributed by atoms with Crippen LogP contribution in [-0.2, 0) is 11.3 Å². The Labute approximate surface area is 120 Å². The van der Waals surface area contributed by atoms with Gasteiger partial charge in [0.25, 0.3) is 0 Å². The van der Waals surface area contributed by atoms with Gasteiger partial charge in [0.2, 0.25) is 0 Å². The molecule has 0 aliphatic rings. The summed E-state index contributed by atoms with van der Waals surface area (Å²) in [4.78, 5) is 12.6. The molecule has 6 heteroatoms. The van der Waals surface area contributed by atoms with E-state index in [1.807, 2.05) is 0 Å². The van der Waals surface area contributed by atoms with E-state index in [1.165, 1.54) is 23.5 Å². The fourth-order valence-corrected chi connectivity index (χ4v) is 2.71. The molecule has 18 heavy (non-hydrogen) atoms. The second kappa shape index (κ2) is 5.82. The van der Waals surface area contributed by atoms with E-state index in [9.17, 15) is 9.18 Å². The van der Waals surface area contributed by atoms with Crippen LogP contribution in [0.1, 0.15) is 15.2 Å². The molecule has 1 aromatic heterocycles. The number of esters is 1. The Morgan fingerprint density at radius 1 is 1.39 bits per heavy atom. The van der Waals surface area contributed by atoms with Gasteiger partial charge in [-0.05, 0) is 46.3 Å². The van der Waals surface area contributed by atoms with Crippen LogP contribution in [0.15, 0.2) is 34.8 Å². The summed E-state index contributed by atoms with van der Waals surface area (Å²) in [6.07, 6.45) is 0. The summed E-state index contributed by atoms with van der Waals surface area (Å²) in [5.74, 6) is -1.06. The molecule has 0 fully saturated rings. The molecule has 0 amide bonds. The van der Waals surface area contributed by atoms with Gasteiger partial charge in [0.15, 0.2) is 0 Å². The van der Waals surface area contributed by atoms with Crippen molar-refractivity contribution in [3.8, 4) is 0 Å². The summed E-state index contributed by atoms with van der Waals surface area (Å²) >= 11 is 10.3. The van der Waals surface area contributed by atoms with Crippen molar-refractivity contribution in [3.63, 3.8) is 0 Å². The number of thiophene rings is 1. The lowest BCUT2D eigenvalue weighted by Crippen LogP contribution is -2.05. The van der Waals surface area contributed by atoms with Gasteiger partial charge in [-0.15, -0.1) is 11.3 Å². The van der Waals surface area contributed by atoms with E-state index in [0.29, 0.717) is 8.81 Å². The van der Waals surface area contributed by atoms with Gasteiger partial charge in [0, 0.05) is 9.35 Å². The second-order valence-electron chi connectivity index (χ2n) is 3.41. The van der Waals surface area contributed by atoms with Crippen molar-refractivity contribution in [3.05, 3.63) is 55.4 Å². The van der Waals surface area contributed by atoms with Crippen LogP contribution >= 0.6 is 38.9 Å². The van der Waals surface area contributed by atoms with Crippen LogP contribution in [0.2, 0.25) is 4.34 Å². The van der Waals surface area contributed by atoms with E-state index in [4.69, 9.17) is 16.3 Å². The highest BCUT2D eigenvalue weighted by Gasteiger charge is 2.13. The largest absolute Gasteiger partial charge is 0.456 e. The maximum Gasteiger partial charge on any atom is 0.339 e. The first-order valence-corrected chi connectivity index (χ1v) is 6.91. The molecule has 0 aliphatic carbocycles. The van der Waals surface area contributed by atoms with Gasteiger partial charge in [-0.25, -0.2) is 9.18 Å². The molecular formula is C12H7BrClFO2S. The van der Waals surface area contributed by atoms with Crippen molar-refractivity contribution in [2.45, 2.75) is 6.61 Å². The quantitative estimate of drug-likeness (QED) is 0.753. The number of hydrogen-bond donors (Lipinski definition) is 0. The number of rotatable bonds is 3. The number of hydrogen-bond acceptors (Lipinski definition) is 3. The molecule has 0 radical (unpaired) electrons. The Balaban J connectivity index is 2.05. The van der Waals surface area contributed by atoms with Gasteiger partial charge in [-0.3, -0.25) is 0 Å². The molecule has 2 nitrogen and oxygen atoms in total. The molecule has 94 valence electrons. The van der Waals surface area contributed by atoms with Crippen LogP contribution in [0, 0.1) is 5.82 Å². The van der Waals surface area contributed by atoms with Crippen LogP contribution < -0.4 is 0 Å². The highest BCUT2D eigenvalue weighted by molar-refractivity contribution is 9.10. The molecule has 0 atom stereocenters. The Hall–Kier alpha value is -0.910. The summed E-state index contributed by atoms with van der Waals surface area (Å²) in [6.45, 7) is 0.124. The highest BCUT2D eigenvalue weighted by Crippen LogP contribution is 2.23. The van der Waals surface area contributed by atoms with Crippen molar-refractivity contribution in [1.82, 2.24) is 0 Å². The van der Waals surface area contributed by atoms with Crippen LogP contribution in [-0.4, -0.2) is 5.97 Å². The zero-order valence-electron chi connectivity index (χ0n) is 8.95. The lowest BCUT2D eigenvalue weighted by molar-refractivity contribution is 0.0475. The minimum atomic E-state index is -0.578. The summed E-state index contributed by atoms with van der Waals surface area (Å²) in [6, 6.07) is 7.37. The maximum absolute atomic E-state index is 13.0. The zero-order valence-corrected chi connectivity index (χ0v) is 12.1. The van der Waals surface area contributed by atoms with E-state index >= 15 is 0 Å². The van der Waals surface area contributed by atoms with E-state index in [0.717, 1.165) is 10.9 Å². The van der Waals surface area contributed by atoms with E-state index in [1.54, 1.807) is 12.1 Å². The van der Waals surface area contributed by atoms with Crippen molar-refractivity contribution in [1.29, 1.82) is 0 Å². The maximum atomic E-state index is 13.0. The summed E-state index contributed by atoms with van der Waals surface area (Å²) in [5, 5.41) is 0. The van der Waals surface area contributed by atoms with Crippen LogP contribution in [0.4, 0.5) is 4.39 Å². The summed E-state index contributed by atoms with van der Waals surface area (Å²) in [5.41, 5.74) is 0.164. The van der Waals surface area contributed by atoms with Gasteiger partial charge in [-0.1, -0.05) is 11.6 Å². The Morgan fingerprint density at radius 3 is 2.83 bits per heavy atom. The predicted molar refractivity (Wildman–Crippen MR) is 72.5 cm³/mol. The molecule has 0 saturated carbocycles. The SMILES string of the molecule is O=C(OCc1ccc(Cl)s1)c1cc(F)ccc1Br. The molecule has 2 rings (SSSR count). The molecule has 0 unspecified atom stereocenters. The smallest absolute Gasteiger partial charge is 0.339 e. The third kappa shape index (κ3) is 3.31. The molecule has 0 spiro atoms. The number of benzene rings is 1. The van der Waals surface area contributed by atoms with Crippen molar-refractivity contribution in [2.75, 3.05) is 0 Å². The lowest BCUT2D eigenvalue weighted by Gasteiger charge is -2.05. The van der Waals surface area contributed by atoms with Gasteiger partial charge in [0.05, 0.1) is 9.90 Å². The van der Waals surface area contributed by atoms with Gasteiger partial charge < -0.3 is 4.74 Å². The Bertz CT molecular complexity index is 585. The highest BCUT2D eigenvalue weighted by atomic mass is 79.9. The third-order valence-corrected chi connectivity index (χ3v) is 4.02. The minimum absolute atomic E-state index is 0.124. The molecule has 2 aromatic rings. The molecule has 0 aliphatic heterocycles. The lowest BCUT2D eigenvalue weighted by atomic mass is 10.2. The predicted octanol–water partition coefficient (Wildman–Crippen LogP) is 4.66. The average Bonchev–Trinajstić information content (AvgIpc) is 2.75. The average molecular weight is 350 g/mol. The van der Waals surface area contributed by atoms with Crippen LogP contribution in [0.3, 0.4) is 0 Å². The number of ether oxygens (including phenoxy) is 1. The first-order chi connectivity index (χ1) is 8.56. The summed E-state index contributed by atoms with van der Waals surface area (Å²) in [7, 11) is 0. The monoisotopic (exact) mass is 348 g/mol. The van der Waals surface area contributed by atoms with E-state index < -0.39 is 11.8 Å². The van der Waals surface area contributed by atoms with E-state index in [-0.39, 0.29) is 12.2 Å². The minimum Gasteiger partial charge on any atom is -0.456 e. The standard InChI is InChI=1S/C12H7BrClFO2S/c13-10-3-1-7(15)5-9(10)12(16)17-6-8-2-4-11(14)18-8/h1-5H,6H2. The fraction of sp³-hybridized carbons (Fsp3) is 0.0833. The van der Waals surface area contributed by atoms with Crippen molar-refractivity contribution < 1.29 is 13.9 Å². The number of halogens is 3. The molecule has 0 bridgehead atoms. The molecule has 1 heterocycles.